The van der Waals surface area contributed by atoms with Gasteiger partial charge in [0.15, 0.2) is 5.11 Å². The second kappa shape index (κ2) is 6.02. The highest BCUT2D eigenvalue weighted by atomic mass is 32.1. The van der Waals surface area contributed by atoms with Gasteiger partial charge in [0.05, 0.1) is 5.69 Å². The summed E-state index contributed by atoms with van der Waals surface area (Å²) in [5, 5.41) is 13.2. The first-order valence-corrected chi connectivity index (χ1v) is 8.34. The lowest BCUT2D eigenvalue weighted by molar-refractivity contribution is 0.965. The van der Waals surface area contributed by atoms with Crippen molar-refractivity contribution in [3.05, 3.63) is 34.7 Å². The number of hydrogen-bond acceptors (Lipinski definition) is 4. The van der Waals surface area contributed by atoms with Crippen LogP contribution in [0.3, 0.4) is 0 Å². The Bertz CT molecular complexity index is 834. The first kappa shape index (κ1) is 14.9. The van der Waals surface area contributed by atoms with Crippen LogP contribution < -0.4 is 10.6 Å². The van der Waals surface area contributed by atoms with Gasteiger partial charge in [-0.2, -0.15) is 4.98 Å². The van der Waals surface area contributed by atoms with Crippen LogP contribution in [0.1, 0.15) is 18.1 Å². The molecule has 114 valence electrons. The molecule has 7 heteroatoms. The molecule has 0 fully saturated rings. The third-order valence-electron chi connectivity index (χ3n) is 3.30. The fraction of sp³-hybridized carbons (Fsp3) is 0.267. The molecule has 2 heterocycles. The Balaban J connectivity index is 1.98. The van der Waals surface area contributed by atoms with E-state index in [9.17, 15) is 0 Å². The van der Waals surface area contributed by atoms with Crippen LogP contribution >= 0.6 is 23.6 Å². The summed E-state index contributed by atoms with van der Waals surface area (Å²) in [5.41, 5.74) is 4.70. The number of fused-ring (bicyclic) bond motifs is 1. The number of anilines is 1. The zero-order valence-corrected chi connectivity index (χ0v) is 14.3. The van der Waals surface area contributed by atoms with Gasteiger partial charge in [-0.1, -0.05) is 23.8 Å². The van der Waals surface area contributed by atoms with E-state index < -0.39 is 0 Å². The van der Waals surface area contributed by atoms with Crippen LogP contribution in [-0.4, -0.2) is 26.3 Å². The van der Waals surface area contributed by atoms with Crippen molar-refractivity contribution in [1.82, 2.24) is 19.9 Å². The lowest BCUT2D eigenvalue weighted by Crippen LogP contribution is -2.28. The van der Waals surface area contributed by atoms with Crippen LogP contribution in [0.5, 0.6) is 0 Å². The smallest absolute Gasteiger partial charge is 0.250 e. The number of nitrogens with zero attached hydrogens (tertiary/aromatic N) is 3. The van der Waals surface area contributed by atoms with E-state index in [1.54, 1.807) is 11.3 Å². The highest BCUT2D eigenvalue weighted by Gasteiger charge is 2.13. The Morgan fingerprint density at radius 3 is 2.91 bits per heavy atom. The van der Waals surface area contributed by atoms with E-state index in [1.165, 1.54) is 16.7 Å². The van der Waals surface area contributed by atoms with E-state index in [4.69, 9.17) is 12.2 Å². The van der Waals surface area contributed by atoms with Crippen LogP contribution in [-0.2, 0) is 0 Å². The molecule has 0 saturated heterocycles. The van der Waals surface area contributed by atoms with Crippen LogP contribution in [0.15, 0.2) is 23.6 Å². The molecule has 0 amide bonds. The number of benzene rings is 1. The number of aromatic nitrogens is 3. The van der Waals surface area contributed by atoms with Crippen molar-refractivity contribution in [3.63, 3.8) is 0 Å². The third-order valence-corrected chi connectivity index (χ3v) is 4.36. The minimum atomic E-state index is 0.517. The molecule has 3 aromatic rings. The molecule has 0 unspecified atom stereocenters. The second-order valence-electron chi connectivity index (χ2n) is 5.05. The summed E-state index contributed by atoms with van der Waals surface area (Å²) in [6, 6.07) is 6.42. The Labute approximate surface area is 138 Å². The molecule has 0 bridgehead atoms. The molecule has 2 N–H and O–H groups in total. The summed E-state index contributed by atoms with van der Waals surface area (Å²) in [4.78, 5) is 5.30. The normalized spacial score (nSPS) is 10.9. The van der Waals surface area contributed by atoms with Crippen molar-refractivity contribution in [2.24, 2.45) is 0 Å². The molecule has 3 rings (SSSR count). The van der Waals surface area contributed by atoms with E-state index in [2.05, 4.69) is 58.1 Å². The van der Waals surface area contributed by atoms with E-state index in [1.807, 2.05) is 11.4 Å². The molecule has 0 saturated carbocycles. The summed E-state index contributed by atoms with van der Waals surface area (Å²) >= 11 is 6.74. The highest BCUT2D eigenvalue weighted by Crippen LogP contribution is 2.28. The van der Waals surface area contributed by atoms with E-state index in [0.717, 1.165) is 17.2 Å². The molecular formula is C15H17N5S2. The zero-order valence-electron chi connectivity index (χ0n) is 12.7. The summed E-state index contributed by atoms with van der Waals surface area (Å²) < 4.78 is 1.86. The predicted molar refractivity (Wildman–Crippen MR) is 95.7 cm³/mol. The molecule has 0 atom stereocenters. The van der Waals surface area contributed by atoms with Gasteiger partial charge >= 0.3 is 0 Å². The fourth-order valence-electron chi connectivity index (χ4n) is 2.33. The van der Waals surface area contributed by atoms with Gasteiger partial charge in [0.1, 0.15) is 0 Å². The average Bonchev–Trinajstić information content (AvgIpc) is 2.99. The van der Waals surface area contributed by atoms with Crippen molar-refractivity contribution in [2.75, 3.05) is 11.9 Å². The molecular weight excluding hydrogens is 314 g/mol. The average molecular weight is 331 g/mol. The molecule has 2 aromatic heterocycles. The van der Waals surface area contributed by atoms with Gasteiger partial charge < -0.3 is 5.32 Å². The number of rotatable bonds is 3. The van der Waals surface area contributed by atoms with Gasteiger partial charge in [0, 0.05) is 17.5 Å². The summed E-state index contributed by atoms with van der Waals surface area (Å²) in [6.07, 6.45) is 0. The molecule has 0 aliphatic carbocycles. The van der Waals surface area contributed by atoms with E-state index in [0.29, 0.717) is 11.1 Å². The number of thiocarbonyl (C=S) groups is 1. The Hall–Kier alpha value is -1.99. The largest absolute Gasteiger partial charge is 0.363 e. The number of nitrogens with one attached hydrogen (secondary N) is 2. The molecule has 22 heavy (non-hydrogen) atoms. The molecule has 5 nitrogen and oxygen atoms in total. The first-order chi connectivity index (χ1) is 10.6. The number of hydrogen-bond donors (Lipinski definition) is 2. The quantitative estimate of drug-likeness (QED) is 0.721. The van der Waals surface area contributed by atoms with Gasteiger partial charge in [-0.25, -0.2) is 4.52 Å². The molecule has 0 aliphatic rings. The van der Waals surface area contributed by atoms with Crippen molar-refractivity contribution in [2.45, 2.75) is 20.8 Å². The Morgan fingerprint density at radius 2 is 2.18 bits per heavy atom. The maximum absolute atomic E-state index is 5.17. The summed E-state index contributed by atoms with van der Waals surface area (Å²) in [7, 11) is 0. The maximum Gasteiger partial charge on any atom is 0.250 e. The predicted octanol–water partition coefficient (Wildman–Crippen LogP) is 3.38. The van der Waals surface area contributed by atoms with Gasteiger partial charge in [-0.15, -0.1) is 16.4 Å². The molecule has 0 radical (unpaired) electrons. The minimum absolute atomic E-state index is 0.517. The summed E-state index contributed by atoms with van der Waals surface area (Å²) in [6.45, 7) is 6.97. The van der Waals surface area contributed by atoms with Gasteiger partial charge in [0.2, 0.25) is 10.9 Å². The van der Waals surface area contributed by atoms with Crippen molar-refractivity contribution in [3.8, 4) is 11.3 Å². The summed E-state index contributed by atoms with van der Waals surface area (Å²) in [5.74, 6) is 0.517. The van der Waals surface area contributed by atoms with Crippen LogP contribution in [0.25, 0.3) is 16.2 Å². The second-order valence-corrected chi connectivity index (χ2v) is 6.30. The van der Waals surface area contributed by atoms with Crippen LogP contribution in [0, 0.1) is 13.8 Å². The van der Waals surface area contributed by atoms with Gasteiger partial charge in [0.25, 0.3) is 0 Å². The lowest BCUT2D eigenvalue weighted by Gasteiger charge is -2.05. The van der Waals surface area contributed by atoms with E-state index >= 15 is 0 Å². The standard InChI is InChI=1S/C15H17N5S2/c1-4-16-14(21)17-13-18-15-20(19-13)12(8-22-15)11-6-5-9(2)7-10(11)3/h5-8H,4H2,1-3H3,(H2,16,17,19,21). The number of aryl methyl sites for hydroxylation is 2. The zero-order chi connectivity index (χ0) is 15.7. The van der Waals surface area contributed by atoms with Crippen molar-refractivity contribution < 1.29 is 0 Å². The van der Waals surface area contributed by atoms with Crippen LogP contribution in [0.4, 0.5) is 5.95 Å². The maximum atomic E-state index is 5.17. The third kappa shape index (κ3) is 2.82. The molecule has 0 aliphatic heterocycles. The SMILES string of the molecule is CCNC(=S)Nc1nc2scc(-c3ccc(C)cc3C)n2n1. The van der Waals surface area contributed by atoms with Crippen molar-refractivity contribution >= 4 is 39.6 Å². The van der Waals surface area contributed by atoms with Gasteiger partial charge in [-0.05, 0) is 38.6 Å². The van der Waals surface area contributed by atoms with E-state index in [-0.39, 0.29) is 0 Å². The fourth-order valence-corrected chi connectivity index (χ4v) is 3.38. The Morgan fingerprint density at radius 1 is 1.36 bits per heavy atom. The Kier molecular flexibility index (Phi) is 4.08. The first-order valence-electron chi connectivity index (χ1n) is 7.05. The highest BCUT2D eigenvalue weighted by molar-refractivity contribution is 7.80. The monoisotopic (exact) mass is 331 g/mol. The van der Waals surface area contributed by atoms with Crippen molar-refractivity contribution in [1.29, 1.82) is 0 Å². The minimum Gasteiger partial charge on any atom is -0.363 e. The van der Waals surface area contributed by atoms with Crippen LogP contribution in [0.2, 0.25) is 0 Å². The molecule has 1 aromatic carbocycles. The number of thiazole rings is 1. The van der Waals surface area contributed by atoms with Gasteiger partial charge in [-0.3, -0.25) is 5.32 Å². The molecule has 0 spiro atoms. The topological polar surface area (TPSA) is 54.2 Å². The lowest BCUT2D eigenvalue weighted by atomic mass is 10.0.